The topological polar surface area (TPSA) is 121 Å². The summed E-state index contributed by atoms with van der Waals surface area (Å²) in [6, 6.07) is 12.1. The Morgan fingerprint density at radius 3 is 2.41 bits per heavy atom. The molecule has 2 N–H and O–H groups in total. The highest BCUT2D eigenvalue weighted by Gasteiger charge is 2.51. The second-order valence-corrected chi connectivity index (χ2v) is 9.55. The van der Waals surface area contributed by atoms with E-state index in [2.05, 4.69) is 0 Å². The maximum Gasteiger partial charge on any atom is 0.289 e. The van der Waals surface area contributed by atoms with Gasteiger partial charge in [-0.15, -0.1) is 0 Å². The molecule has 2 aromatic rings. The van der Waals surface area contributed by atoms with Crippen molar-refractivity contribution in [1.29, 1.82) is 0 Å². The smallest absolute Gasteiger partial charge is 0.289 e. The van der Waals surface area contributed by atoms with Crippen molar-refractivity contribution in [3.8, 4) is 0 Å². The summed E-state index contributed by atoms with van der Waals surface area (Å²) in [6.45, 7) is -0.438. The summed E-state index contributed by atoms with van der Waals surface area (Å²) in [5.74, 6) is -0.160. The molecular weight excluding hydrogens is 396 g/mol. The zero-order chi connectivity index (χ0) is 20.8. The van der Waals surface area contributed by atoms with Crippen molar-refractivity contribution in [1.82, 2.24) is 4.31 Å². The van der Waals surface area contributed by atoms with E-state index < -0.39 is 37.2 Å². The predicted molar refractivity (Wildman–Crippen MR) is 104 cm³/mol. The maximum atomic E-state index is 13.3. The monoisotopic (exact) mass is 418 g/mol. The van der Waals surface area contributed by atoms with Crippen molar-refractivity contribution in [2.45, 2.75) is 42.4 Å². The van der Waals surface area contributed by atoms with Gasteiger partial charge in [0, 0.05) is 19.2 Å². The lowest BCUT2D eigenvalue weighted by atomic mass is 9.66. The van der Waals surface area contributed by atoms with Crippen LogP contribution in [0.4, 0.5) is 5.69 Å². The molecule has 0 spiro atoms. The number of aliphatic hydroxyl groups excluding tert-OH is 1. The number of nitro groups is 1. The number of benzene rings is 2. The van der Waals surface area contributed by atoms with Crippen LogP contribution in [0.1, 0.15) is 30.4 Å². The first-order valence-electron chi connectivity index (χ1n) is 9.48. The van der Waals surface area contributed by atoms with Gasteiger partial charge in [0.2, 0.25) is 10.0 Å². The predicted octanol–water partition coefficient (Wildman–Crippen LogP) is 2.15. The van der Waals surface area contributed by atoms with Crippen molar-refractivity contribution >= 4 is 15.7 Å². The lowest BCUT2D eigenvalue weighted by Crippen LogP contribution is -2.51. The van der Waals surface area contributed by atoms with Gasteiger partial charge in [-0.1, -0.05) is 42.8 Å². The van der Waals surface area contributed by atoms with Gasteiger partial charge in [0.15, 0.2) is 4.90 Å². The standard InChI is InChI=1S/C20H22N2O6S/c23-19-13-21(29(27,28)18-11-4-3-10-17(18)22(25)26)12-14-6-1-2-9-16(14)20(19,24)15-7-5-8-15/h1-4,6,9-11,15,19,23-24H,5,7-8,12-13H2/t19-,20+/m0/s1. The first-order valence-corrected chi connectivity index (χ1v) is 10.9. The molecule has 0 radical (unpaired) electrons. The van der Waals surface area contributed by atoms with Crippen molar-refractivity contribution in [2.24, 2.45) is 5.92 Å². The van der Waals surface area contributed by atoms with Crippen LogP contribution in [-0.4, -0.2) is 40.5 Å². The van der Waals surface area contributed by atoms with Crippen LogP contribution < -0.4 is 0 Å². The van der Waals surface area contributed by atoms with E-state index >= 15 is 0 Å². The summed E-state index contributed by atoms with van der Waals surface area (Å²) >= 11 is 0. The van der Waals surface area contributed by atoms with Gasteiger partial charge < -0.3 is 10.2 Å². The highest BCUT2D eigenvalue weighted by Crippen LogP contribution is 2.47. The summed E-state index contributed by atoms with van der Waals surface area (Å²) in [6.07, 6.45) is 1.09. The summed E-state index contributed by atoms with van der Waals surface area (Å²) < 4.78 is 27.7. The highest BCUT2D eigenvalue weighted by molar-refractivity contribution is 7.89. The van der Waals surface area contributed by atoms with Crippen molar-refractivity contribution in [2.75, 3.05) is 6.54 Å². The van der Waals surface area contributed by atoms with Gasteiger partial charge in [-0.2, -0.15) is 4.31 Å². The number of nitro benzene ring substituents is 1. The lowest BCUT2D eigenvalue weighted by molar-refractivity contribution is -0.387. The Morgan fingerprint density at radius 1 is 1.10 bits per heavy atom. The van der Waals surface area contributed by atoms with Gasteiger partial charge in [-0.25, -0.2) is 8.42 Å². The average Bonchev–Trinajstić information content (AvgIpc) is 2.76. The number of hydrogen-bond donors (Lipinski definition) is 2. The Hall–Kier alpha value is -2.33. The third-order valence-corrected chi connectivity index (χ3v) is 7.95. The van der Waals surface area contributed by atoms with Gasteiger partial charge in [-0.3, -0.25) is 10.1 Å². The number of sulfonamides is 1. The van der Waals surface area contributed by atoms with Crippen molar-refractivity contribution < 1.29 is 23.6 Å². The second-order valence-electron chi connectivity index (χ2n) is 7.65. The van der Waals surface area contributed by atoms with Crippen LogP contribution in [0, 0.1) is 16.0 Å². The number of β-amino-alcohol motifs (C(OH)–C–C–N with tert-alkyl or cyclic N) is 1. The molecule has 1 aliphatic carbocycles. The number of fused-ring (bicyclic) bond motifs is 1. The molecule has 0 aromatic heterocycles. The molecule has 1 heterocycles. The largest absolute Gasteiger partial charge is 0.388 e. The number of hydrogen-bond acceptors (Lipinski definition) is 6. The average molecular weight is 418 g/mol. The van der Waals surface area contributed by atoms with Crippen molar-refractivity contribution in [3.63, 3.8) is 0 Å². The molecule has 9 heteroatoms. The number of rotatable bonds is 4. The molecule has 1 fully saturated rings. The van der Waals surface area contributed by atoms with Crippen LogP contribution in [-0.2, 0) is 22.2 Å². The van der Waals surface area contributed by atoms with E-state index in [0.29, 0.717) is 11.1 Å². The molecule has 0 saturated heterocycles. The fraction of sp³-hybridized carbons (Fsp3) is 0.400. The molecule has 1 aliphatic heterocycles. The Bertz CT molecular complexity index is 1050. The Kier molecular flexibility index (Phi) is 4.94. The molecule has 2 atom stereocenters. The molecule has 0 bridgehead atoms. The van der Waals surface area contributed by atoms with Gasteiger partial charge in [0.1, 0.15) is 11.7 Å². The van der Waals surface area contributed by atoms with E-state index in [9.17, 15) is 28.7 Å². The second kappa shape index (κ2) is 7.17. The molecule has 0 unspecified atom stereocenters. The summed E-state index contributed by atoms with van der Waals surface area (Å²) in [4.78, 5) is 10.2. The molecule has 2 aliphatic rings. The maximum absolute atomic E-state index is 13.3. The molecule has 0 amide bonds. The SMILES string of the molecule is O=[N+]([O-])c1ccccc1S(=O)(=O)N1Cc2ccccc2[C@](O)(C2CCC2)[C@@H](O)C1. The van der Waals surface area contributed by atoms with E-state index in [4.69, 9.17) is 0 Å². The van der Waals surface area contributed by atoms with Crippen LogP contribution in [0.15, 0.2) is 53.4 Å². The van der Waals surface area contributed by atoms with E-state index in [1.54, 1.807) is 24.3 Å². The van der Waals surface area contributed by atoms with Crippen LogP contribution in [0.5, 0.6) is 0 Å². The zero-order valence-corrected chi connectivity index (χ0v) is 16.5. The van der Waals surface area contributed by atoms with Crippen LogP contribution in [0.25, 0.3) is 0 Å². The Labute approximate surface area is 168 Å². The summed E-state index contributed by atoms with van der Waals surface area (Å²) in [5, 5.41) is 33.8. The minimum atomic E-state index is -4.28. The van der Waals surface area contributed by atoms with Gasteiger partial charge >= 0.3 is 0 Å². The number of aliphatic hydroxyl groups is 2. The van der Waals surface area contributed by atoms with Gasteiger partial charge in [0.25, 0.3) is 5.69 Å². The lowest BCUT2D eigenvalue weighted by Gasteiger charge is -2.44. The molecule has 8 nitrogen and oxygen atoms in total. The van der Waals surface area contributed by atoms with Crippen LogP contribution in [0.2, 0.25) is 0 Å². The molecular formula is C20H22N2O6S. The van der Waals surface area contributed by atoms with Gasteiger partial charge in [-0.05, 0) is 36.0 Å². The van der Waals surface area contributed by atoms with E-state index in [-0.39, 0.29) is 19.0 Å². The molecule has 4 rings (SSSR count). The Morgan fingerprint density at radius 2 is 1.76 bits per heavy atom. The summed E-state index contributed by atoms with van der Waals surface area (Å²) in [7, 11) is -4.28. The molecule has 1 saturated carbocycles. The molecule has 2 aromatic carbocycles. The minimum absolute atomic E-state index is 0.0867. The fourth-order valence-electron chi connectivity index (χ4n) is 4.30. The highest BCUT2D eigenvalue weighted by atomic mass is 32.2. The van der Waals surface area contributed by atoms with E-state index in [1.165, 1.54) is 18.2 Å². The number of para-hydroxylation sites is 1. The minimum Gasteiger partial charge on any atom is -0.388 e. The quantitative estimate of drug-likeness (QED) is 0.580. The van der Waals surface area contributed by atoms with E-state index in [1.807, 2.05) is 0 Å². The van der Waals surface area contributed by atoms with Crippen molar-refractivity contribution in [3.05, 3.63) is 69.8 Å². The fourth-order valence-corrected chi connectivity index (χ4v) is 5.89. The van der Waals surface area contributed by atoms with Gasteiger partial charge in [0.05, 0.1) is 4.92 Å². The zero-order valence-electron chi connectivity index (χ0n) is 15.6. The van der Waals surface area contributed by atoms with E-state index in [0.717, 1.165) is 29.6 Å². The summed E-state index contributed by atoms with van der Waals surface area (Å²) in [5.41, 5.74) is -0.964. The van der Waals surface area contributed by atoms with Crippen LogP contribution in [0.3, 0.4) is 0 Å². The molecule has 154 valence electrons. The first-order chi connectivity index (χ1) is 13.8. The third-order valence-electron chi connectivity index (χ3n) is 6.09. The van der Waals surface area contributed by atoms with Crippen LogP contribution >= 0.6 is 0 Å². The normalized spacial score (nSPS) is 25.7. The third kappa shape index (κ3) is 3.14. The molecule has 29 heavy (non-hydrogen) atoms. The number of nitrogens with zero attached hydrogens (tertiary/aromatic N) is 2. The Balaban J connectivity index is 1.81. The first kappa shape index (κ1) is 20.0.